The molecule has 3 nitrogen and oxygen atoms in total. The third-order valence-corrected chi connectivity index (χ3v) is 8.54. The highest BCUT2D eigenvalue weighted by molar-refractivity contribution is 6.36. The van der Waals surface area contributed by atoms with Gasteiger partial charge in [0.15, 0.2) is 17.5 Å². The molecular formula is C41H26ClN3. The molecule has 0 spiro atoms. The van der Waals surface area contributed by atoms with Crippen LogP contribution in [0.1, 0.15) is 0 Å². The zero-order valence-corrected chi connectivity index (χ0v) is 25.0. The highest BCUT2D eigenvalue weighted by Crippen LogP contribution is 2.37. The Bertz CT molecular complexity index is 2330. The van der Waals surface area contributed by atoms with E-state index in [9.17, 15) is 0 Å². The summed E-state index contributed by atoms with van der Waals surface area (Å²) >= 11 is 6.82. The van der Waals surface area contributed by atoms with Gasteiger partial charge in [-0.15, -0.1) is 0 Å². The fraction of sp³-hybridized carbons (Fsp3) is 0. The minimum atomic E-state index is 0.597. The Labute approximate surface area is 266 Å². The van der Waals surface area contributed by atoms with Crippen LogP contribution in [0.3, 0.4) is 0 Å². The van der Waals surface area contributed by atoms with Crippen molar-refractivity contribution in [3.05, 3.63) is 163 Å². The molecule has 1 heterocycles. The predicted octanol–water partition coefficient (Wildman–Crippen LogP) is 11.2. The molecule has 8 aromatic rings. The van der Waals surface area contributed by atoms with Crippen LogP contribution in [0.15, 0.2) is 158 Å². The minimum Gasteiger partial charge on any atom is -0.208 e. The van der Waals surface area contributed by atoms with Gasteiger partial charge in [0.1, 0.15) is 0 Å². The van der Waals surface area contributed by atoms with E-state index >= 15 is 0 Å². The number of fused-ring (bicyclic) bond motifs is 2. The van der Waals surface area contributed by atoms with E-state index in [-0.39, 0.29) is 0 Å². The van der Waals surface area contributed by atoms with Gasteiger partial charge in [-0.25, -0.2) is 15.0 Å². The summed E-state index contributed by atoms with van der Waals surface area (Å²) in [5, 5.41) is 4.93. The van der Waals surface area contributed by atoms with E-state index in [2.05, 4.69) is 115 Å². The lowest BCUT2D eigenvalue weighted by Crippen LogP contribution is -2.01. The summed E-state index contributed by atoms with van der Waals surface area (Å²) in [6.45, 7) is 0. The Hall–Kier alpha value is -5.64. The Morgan fingerprint density at radius 1 is 0.333 bits per heavy atom. The summed E-state index contributed by atoms with van der Waals surface area (Å²) in [6.07, 6.45) is 0. The van der Waals surface area contributed by atoms with E-state index in [1.54, 1.807) is 0 Å². The van der Waals surface area contributed by atoms with E-state index in [1.165, 1.54) is 5.39 Å². The molecule has 0 atom stereocenters. The molecule has 1 aromatic heterocycles. The average Bonchev–Trinajstić information content (AvgIpc) is 3.12. The van der Waals surface area contributed by atoms with Gasteiger partial charge < -0.3 is 0 Å². The van der Waals surface area contributed by atoms with Gasteiger partial charge in [0.05, 0.1) is 0 Å². The predicted molar refractivity (Wildman–Crippen MR) is 187 cm³/mol. The zero-order chi connectivity index (χ0) is 30.2. The second-order valence-electron chi connectivity index (χ2n) is 11.0. The number of aromatic nitrogens is 3. The number of hydrogen-bond donors (Lipinski definition) is 0. The third kappa shape index (κ3) is 5.14. The molecular weight excluding hydrogens is 570 g/mol. The largest absolute Gasteiger partial charge is 0.208 e. The molecule has 0 aliphatic carbocycles. The molecule has 7 aromatic carbocycles. The molecule has 0 bridgehead atoms. The first-order valence-electron chi connectivity index (χ1n) is 14.9. The first kappa shape index (κ1) is 26.9. The van der Waals surface area contributed by atoms with E-state index in [1.807, 2.05) is 42.5 Å². The smallest absolute Gasteiger partial charge is 0.164 e. The van der Waals surface area contributed by atoms with Gasteiger partial charge in [-0.3, -0.25) is 0 Å². The van der Waals surface area contributed by atoms with Gasteiger partial charge in [-0.1, -0.05) is 145 Å². The Morgan fingerprint density at radius 3 is 1.71 bits per heavy atom. The van der Waals surface area contributed by atoms with Crippen molar-refractivity contribution in [3.63, 3.8) is 0 Å². The molecule has 0 amide bonds. The van der Waals surface area contributed by atoms with Crippen LogP contribution in [-0.4, -0.2) is 15.0 Å². The number of nitrogens with zero attached hydrogens (tertiary/aromatic N) is 3. The maximum Gasteiger partial charge on any atom is 0.164 e. The Morgan fingerprint density at radius 2 is 0.933 bits per heavy atom. The van der Waals surface area contributed by atoms with Gasteiger partial charge >= 0.3 is 0 Å². The van der Waals surface area contributed by atoms with Crippen molar-refractivity contribution in [3.8, 4) is 56.4 Å². The molecule has 0 unspecified atom stereocenters. The Kier molecular flexibility index (Phi) is 6.86. The van der Waals surface area contributed by atoms with E-state index in [4.69, 9.17) is 26.6 Å². The lowest BCUT2D eigenvalue weighted by Gasteiger charge is -2.14. The number of benzene rings is 7. The summed E-state index contributed by atoms with van der Waals surface area (Å²) in [7, 11) is 0. The monoisotopic (exact) mass is 595 g/mol. The Balaban J connectivity index is 1.36. The molecule has 212 valence electrons. The van der Waals surface area contributed by atoms with Crippen LogP contribution in [0.25, 0.3) is 78.0 Å². The van der Waals surface area contributed by atoms with Crippen molar-refractivity contribution >= 4 is 33.1 Å². The van der Waals surface area contributed by atoms with Gasteiger partial charge in [0.25, 0.3) is 0 Å². The summed E-state index contributed by atoms with van der Waals surface area (Å²) in [4.78, 5) is 15.3. The average molecular weight is 596 g/mol. The van der Waals surface area contributed by atoms with Crippen LogP contribution in [-0.2, 0) is 0 Å². The molecule has 0 fully saturated rings. The van der Waals surface area contributed by atoms with Crippen molar-refractivity contribution in [2.24, 2.45) is 0 Å². The second kappa shape index (κ2) is 11.5. The standard InChI is InChI=1S/C41H26ClN3/c42-38-24-23-36(34-22-21-31(26-37(34)38)27-11-3-1-4-12-27)41-44-39(32-20-19-28-13-7-8-16-30(28)25-32)43-40(45-41)35-18-10-9-17-33(35)29-14-5-2-6-15-29/h1-26H. The molecule has 0 saturated carbocycles. The molecule has 0 aliphatic heterocycles. The van der Waals surface area contributed by atoms with Crippen molar-refractivity contribution in [2.75, 3.05) is 0 Å². The molecule has 0 N–H and O–H groups in total. The SMILES string of the molecule is Clc1ccc(-c2nc(-c3ccc4ccccc4c3)nc(-c3ccccc3-c3ccccc3)n2)c2ccc(-c3ccccc3)cc12. The van der Waals surface area contributed by atoms with Crippen LogP contribution in [0.4, 0.5) is 0 Å². The summed E-state index contributed by atoms with van der Waals surface area (Å²) in [6, 6.07) is 54.0. The molecule has 0 saturated heterocycles. The molecule has 0 aliphatic rings. The van der Waals surface area contributed by atoms with Crippen molar-refractivity contribution < 1.29 is 0 Å². The quantitative estimate of drug-likeness (QED) is 0.199. The summed E-state index contributed by atoms with van der Waals surface area (Å²) in [5.74, 6) is 1.83. The first-order valence-corrected chi connectivity index (χ1v) is 15.3. The maximum atomic E-state index is 6.82. The van der Waals surface area contributed by atoms with Gasteiger partial charge in [0.2, 0.25) is 0 Å². The van der Waals surface area contributed by atoms with Gasteiger partial charge in [-0.2, -0.15) is 0 Å². The number of halogens is 1. The van der Waals surface area contributed by atoms with E-state index in [0.29, 0.717) is 22.5 Å². The normalized spacial score (nSPS) is 11.2. The highest BCUT2D eigenvalue weighted by atomic mass is 35.5. The first-order chi connectivity index (χ1) is 22.2. The molecule has 0 radical (unpaired) electrons. The van der Waals surface area contributed by atoms with Crippen molar-refractivity contribution in [1.29, 1.82) is 0 Å². The minimum absolute atomic E-state index is 0.597. The lowest BCUT2D eigenvalue weighted by molar-refractivity contribution is 1.08. The van der Waals surface area contributed by atoms with Gasteiger partial charge in [0, 0.05) is 27.1 Å². The lowest BCUT2D eigenvalue weighted by atomic mass is 9.97. The van der Waals surface area contributed by atoms with Crippen molar-refractivity contribution in [2.45, 2.75) is 0 Å². The van der Waals surface area contributed by atoms with Gasteiger partial charge in [-0.05, 0) is 62.7 Å². The van der Waals surface area contributed by atoms with E-state index in [0.717, 1.165) is 55.1 Å². The second-order valence-corrected chi connectivity index (χ2v) is 11.4. The number of hydrogen-bond acceptors (Lipinski definition) is 3. The van der Waals surface area contributed by atoms with Crippen LogP contribution in [0.2, 0.25) is 5.02 Å². The summed E-state index contributed by atoms with van der Waals surface area (Å²) in [5.41, 5.74) is 7.18. The number of rotatable bonds is 5. The van der Waals surface area contributed by atoms with E-state index < -0.39 is 0 Å². The van der Waals surface area contributed by atoms with Crippen LogP contribution < -0.4 is 0 Å². The fourth-order valence-corrected chi connectivity index (χ4v) is 6.16. The molecule has 4 heteroatoms. The zero-order valence-electron chi connectivity index (χ0n) is 24.2. The summed E-state index contributed by atoms with van der Waals surface area (Å²) < 4.78 is 0. The maximum absolute atomic E-state index is 6.82. The third-order valence-electron chi connectivity index (χ3n) is 8.21. The molecule has 8 rings (SSSR count). The fourth-order valence-electron chi connectivity index (χ4n) is 5.94. The van der Waals surface area contributed by atoms with Crippen LogP contribution in [0.5, 0.6) is 0 Å². The highest BCUT2D eigenvalue weighted by Gasteiger charge is 2.18. The van der Waals surface area contributed by atoms with Crippen LogP contribution in [0, 0.1) is 0 Å². The van der Waals surface area contributed by atoms with Crippen LogP contribution >= 0.6 is 11.6 Å². The molecule has 45 heavy (non-hydrogen) atoms. The topological polar surface area (TPSA) is 38.7 Å². The van der Waals surface area contributed by atoms with Crippen molar-refractivity contribution in [1.82, 2.24) is 15.0 Å².